The fourth-order valence-corrected chi connectivity index (χ4v) is 5.07. The summed E-state index contributed by atoms with van der Waals surface area (Å²) in [5.74, 6) is -1.32. The van der Waals surface area contributed by atoms with Crippen LogP contribution in [0.1, 0.15) is 52.8 Å². The third-order valence-corrected chi connectivity index (χ3v) is 7.46. The van der Waals surface area contributed by atoms with Crippen molar-refractivity contribution in [1.82, 2.24) is 20.1 Å². The molecule has 0 spiro atoms. The Hall–Kier alpha value is -2.39. The third-order valence-electron chi connectivity index (χ3n) is 6.42. The number of rotatable bonds is 4. The first-order valence-electron chi connectivity index (χ1n) is 11.5. The Labute approximate surface area is 218 Å². The van der Waals surface area contributed by atoms with Crippen LogP contribution >= 0.6 is 34.8 Å². The third kappa shape index (κ3) is 5.72. The smallest absolute Gasteiger partial charge is 0.264 e. The van der Waals surface area contributed by atoms with E-state index < -0.39 is 23.9 Å². The Kier molecular flexibility index (Phi) is 8.16. The van der Waals surface area contributed by atoms with Gasteiger partial charge >= 0.3 is 0 Å². The number of hydrogen-bond acceptors (Lipinski definition) is 5. The summed E-state index contributed by atoms with van der Waals surface area (Å²) in [6, 6.07) is 7.73. The van der Waals surface area contributed by atoms with E-state index in [1.165, 1.54) is 28.1 Å². The van der Waals surface area contributed by atoms with Gasteiger partial charge in [-0.2, -0.15) is 0 Å². The molecule has 0 bridgehead atoms. The van der Waals surface area contributed by atoms with Crippen molar-refractivity contribution in [3.8, 4) is 0 Å². The van der Waals surface area contributed by atoms with Gasteiger partial charge in [-0.15, -0.1) is 0 Å². The van der Waals surface area contributed by atoms with Crippen LogP contribution in [0.5, 0.6) is 0 Å². The lowest BCUT2D eigenvalue weighted by atomic mass is 9.91. The second kappa shape index (κ2) is 11.1. The zero-order chi connectivity index (χ0) is 25.1. The van der Waals surface area contributed by atoms with Gasteiger partial charge in [-0.1, -0.05) is 34.8 Å². The van der Waals surface area contributed by atoms with E-state index in [2.05, 4.69) is 10.3 Å². The van der Waals surface area contributed by atoms with E-state index in [-0.39, 0.29) is 46.5 Å². The highest BCUT2D eigenvalue weighted by atomic mass is 35.5. The number of halogens is 3. The standard InChI is InChI=1S/C24H26Cl3N5O3/c25-18-9-4-14(13-19(18)26)23(34)31-11-2-12-32(24(35)17-3-1-10-29-20(17)27)22(31)21(33)30-16-7-5-15(28)6-8-16/h1,3-4,9-10,13,15-16,22H,2,5-8,11-12,28H2,(H,30,33). The van der Waals surface area contributed by atoms with Crippen LogP contribution in [-0.2, 0) is 4.79 Å². The van der Waals surface area contributed by atoms with Crippen LogP contribution in [0.2, 0.25) is 15.2 Å². The van der Waals surface area contributed by atoms with Crippen LogP contribution in [0.4, 0.5) is 0 Å². The normalized spacial score (nSPS) is 22.6. The molecular weight excluding hydrogens is 513 g/mol. The first-order chi connectivity index (χ1) is 16.8. The fourth-order valence-electron chi connectivity index (χ4n) is 4.57. The Morgan fingerprint density at radius 3 is 2.29 bits per heavy atom. The van der Waals surface area contributed by atoms with Gasteiger partial charge in [0.15, 0.2) is 6.17 Å². The lowest BCUT2D eigenvalue weighted by Gasteiger charge is -2.43. The number of carbonyl (C=O) groups excluding carboxylic acids is 3. The molecule has 1 aliphatic heterocycles. The molecular formula is C24H26Cl3N5O3. The monoisotopic (exact) mass is 537 g/mol. The molecule has 1 aliphatic carbocycles. The molecule has 2 fully saturated rings. The molecule has 1 unspecified atom stereocenters. The highest BCUT2D eigenvalue weighted by Crippen LogP contribution is 2.27. The van der Waals surface area contributed by atoms with E-state index >= 15 is 0 Å². The van der Waals surface area contributed by atoms with Gasteiger partial charge in [-0.25, -0.2) is 4.98 Å². The Morgan fingerprint density at radius 1 is 0.943 bits per heavy atom. The fraction of sp³-hybridized carbons (Fsp3) is 0.417. The molecule has 0 radical (unpaired) electrons. The quantitative estimate of drug-likeness (QED) is 0.577. The summed E-state index contributed by atoms with van der Waals surface area (Å²) in [5, 5.41) is 3.61. The average Bonchev–Trinajstić information content (AvgIpc) is 2.86. The zero-order valence-corrected chi connectivity index (χ0v) is 21.2. The van der Waals surface area contributed by atoms with Gasteiger partial charge in [-0.3, -0.25) is 14.4 Å². The molecule has 11 heteroatoms. The van der Waals surface area contributed by atoms with Crippen molar-refractivity contribution in [2.24, 2.45) is 5.73 Å². The minimum Gasteiger partial charge on any atom is -0.350 e. The minimum absolute atomic E-state index is 0.0332. The summed E-state index contributed by atoms with van der Waals surface area (Å²) in [6.07, 6.45) is 3.88. The largest absolute Gasteiger partial charge is 0.350 e. The number of pyridine rings is 1. The molecule has 2 aliphatic rings. The van der Waals surface area contributed by atoms with Gasteiger partial charge in [0.25, 0.3) is 17.7 Å². The molecule has 35 heavy (non-hydrogen) atoms. The summed E-state index contributed by atoms with van der Waals surface area (Å²) >= 11 is 18.3. The van der Waals surface area contributed by atoms with Crippen LogP contribution in [0.3, 0.4) is 0 Å². The van der Waals surface area contributed by atoms with Gasteiger partial charge in [0.05, 0.1) is 15.6 Å². The van der Waals surface area contributed by atoms with Crippen LogP contribution in [0.15, 0.2) is 36.5 Å². The number of nitrogens with zero attached hydrogens (tertiary/aromatic N) is 3. The second-order valence-electron chi connectivity index (χ2n) is 8.82. The first kappa shape index (κ1) is 25.7. The van der Waals surface area contributed by atoms with Crippen molar-refractivity contribution in [2.45, 2.75) is 50.4 Å². The van der Waals surface area contributed by atoms with Crippen LogP contribution < -0.4 is 11.1 Å². The molecule has 2 heterocycles. The van der Waals surface area contributed by atoms with E-state index in [0.717, 1.165) is 25.7 Å². The molecule has 1 atom stereocenters. The van der Waals surface area contributed by atoms with Gasteiger partial charge < -0.3 is 20.9 Å². The Bertz CT molecular complexity index is 1120. The SMILES string of the molecule is NC1CCC(NC(=O)C2N(C(=O)c3ccc(Cl)c(Cl)c3)CCCN2C(=O)c2cccnc2Cl)CC1. The molecule has 186 valence electrons. The van der Waals surface area contributed by atoms with Gasteiger partial charge in [0.2, 0.25) is 0 Å². The topological polar surface area (TPSA) is 109 Å². The number of benzene rings is 1. The van der Waals surface area contributed by atoms with Crippen molar-refractivity contribution in [2.75, 3.05) is 13.1 Å². The highest BCUT2D eigenvalue weighted by Gasteiger charge is 2.42. The summed E-state index contributed by atoms with van der Waals surface area (Å²) < 4.78 is 0. The number of nitrogens with two attached hydrogens (primary N) is 1. The Balaban J connectivity index is 1.66. The summed E-state index contributed by atoms with van der Waals surface area (Å²) in [5.41, 5.74) is 6.44. The summed E-state index contributed by atoms with van der Waals surface area (Å²) in [6.45, 7) is 0.570. The van der Waals surface area contributed by atoms with Crippen molar-refractivity contribution in [1.29, 1.82) is 0 Å². The molecule has 3 N–H and O–H groups in total. The van der Waals surface area contributed by atoms with Crippen LogP contribution in [-0.4, -0.2) is 63.8 Å². The maximum absolute atomic E-state index is 13.6. The molecule has 3 amide bonds. The maximum atomic E-state index is 13.6. The van der Waals surface area contributed by atoms with Gasteiger partial charge in [-0.05, 0) is 62.4 Å². The lowest BCUT2D eigenvalue weighted by Crippen LogP contribution is -2.64. The van der Waals surface area contributed by atoms with Crippen molar-refractivity contribution in [3.63, 3.8) is 0 Å². The van der Waals surface area contributed by atoms with Crippen LogP contribution in [0.25, 0.3) is 0 Å². The second-order valence-corrected chi connectivity index (χ2v) is 9.99. The Morgan fingerprint density at radius 2 is 1.63 bits per heavy atom. The number of nitrogens with one attached hydrogen (secondary N) is 1. The van der Waals surface area contributed by atoms with E-state index in [4.69, 9.17) is 40.5 Å². The maximum Gasteiger partial charge on any atom is 0.264 e. The highest BCUT2D eigenvalue weighted by molar-refractivity contribution is 6.42. The number of hydrogen-bond donors (Lipinski definition) is 2. The molecule has 2 aromatic rings. The molecule has 1 saturated carbocycles. The van der Waals surface area contributed by atoms with Crippen molar-refractivity contribution >= 4 is 52.5 Å². The number of carbonyl (C=O) groups is 3. The molecule has 8 nitrogen and oxygen atoms in total. The molecule has 1 aromatic heterocycles. The van der Waals surface area contributed by atoms with E-state index in [0.29, 0.717) is 11.4 Å². The van der Waals surface area contributed by atoms with Gasteiger partial charge in [0.1, 0.15) is 5.15 Å². The lowest BCUT2D eigenvalue weighted by molar-refractivity contribution is -0.133. The minimum atomic E-state index is -1.16. The predicted molar refractivity (Wildman–Crippen MR) is 135 cm³/mol. The van der Waals surface area contributed by atoms with Crippen LogP contribution in [0, 0.1) is 0 Å². The number of amides is 3. The van der Waals surface area contributed by atoms with Gasteiger partial charge in [0, 0.05) is 36.9 Å². The summed E-state index contributed by atoms with van der Waals surface area (Å²) in [7, 11) is 0. The predicted octanol–water partition coefficient (Wildman–Crippen LogP) is 3.74. The van der Waals surface area contributed by atoms with Crippen molar-refractivity contribution < 1.29 is 14.4 Å². The van der Waals surface area contributed by atoms with E-state index in [9.17, 15) is 14.4 Å². The molecule has 1 aromatic carbocycles. The molecule has 1 saturated heterocycles. The van der Waals surface area contributed by atoms with E-state index in [1.54, 1.807) is 18.2 Å². The zero-order valence-electron chi connectivity index (χ0n) is 18.9. The first-order valence-corrected chi connectivity index (χ1v) is 12.6. The average molecular weight is 539 g/mol. The van der Waals surface area contributed by atoms with Crippen molar-refractivity contribution in [3.05, 3.63) is 62.9 Å². The van der Waals surface area contributed by atoms with E-state index in [1.807, 2.05) is 0 Å². The summed E-state index contributed by atoms with van der Waals surface area (Å²) in [4.78, 5) is 47.4. The molecule has 4 rings (SSSR count). The number of aromatic nitrogens is 1.